The monoisotopic (exact) mass is 278 g/mol. The minimum absolute atomic E-state index is 0.0547. The molecule has 0 saturated carbocycles. The van der Waals surface area contributed by atoms with Gasteiger partial charge in [-0.25, -0.2) is 0 Å². The van der Waals surface area contributed by atoms with Gasteiger partial charge >= 0.3 is 10.1 Å². The van der Waals surface area contributed by atoms with Gasteiger partial charge in [0.25, 0.3) is 0 Å². The molecule has 0 bridgehead atoms. The Morgan fingerprint density at radius 2 is 1.32 bits per heavy atom. The molecular weight excluding hydrogens is 264 g/mol. The van der Waals surface area contributed by atoms with E-state index in [4.69, 9.17) is 8.92 Å². The molecule has 0 saturated heterocycles. The number of benzene rings is 2. The number of hydrogen-bond donors (Lipinski definition) is 0. The van der Waals surface area contributed by atoms with Gasteiger partial charge in [-0.3, -0.25) is 0 Å². The van der Waals surface area contributed by atoms with Crippen molar-refractivity contribution >= 4 is 10.1 Å². The maximum atomic E-state index is 11.7. The van der Waals surface area contributed by atoms with E-state index in [2.05, 4.69) is 0 Å². The Bertz CT molecular complexity index is 594. The molecule has 0 heterocycles. The zero-order valence-electron chi connectivity index (χ0n) is 10.2. The highest BCUT2D eigenvalue weighted by Gasteiger charge is 2.12. The lowest BCUT2D eigenvalue weighted by atomic mass is 10.3. The summed E-state index contributed by atoms with van der Waals surface area (Å²) in [7, 11) is -3.63. The summed E-state index contributed by atoms with van der Waals surface area (Å²) in [4.78, 5) is 0. The van der Waals surface area contributed by atoms with Gasteiger partial charge in [0, 0.05) is 0 Å². The summed E-state index contributed by atoms with van der Waals surface area (Å²) in [6.45, 7) is 0.0547. The molecule has 0 aliphatic rings. The Labute approximate surface area is 112 Å². The predicted octanol–water partition coefficient (Wildman–Crippen LogP) is 2.47. The fourth-order valence-corrected chi connectivity index (χ4v) is 2.22. The van der Waals surface area contributed by atoms with E-state index in [0.29, 0.717) is 11.5 Å². The first-order chi connectivity index (χ1) is 9.16. The topological polar surface area (TPSA) is 52.6 Å². The van der Waals surface area contributed by atoms with Crippen LogP contribution in [0.1, 0.15) is 0 Å². The quantitative estimate of drug-likeness (QED) is 0.762. The molecule has 0 radical (unpaired) electrons. The van der Waals surface area contributed by atoms with E-state index in [-0.39, 0.29) is 12.4 Å². The molecule has 0 aliphatic carbocycles. The molecule has 5 heteroatoms. The lowest BCUT2D eigenvalue weighted by Crippen LogP contribution is -2.19. The summed E-state index contributed by atoms with van der Waals surface area (Å²) in [6, 6.07) is 17.5. The molecule has 0 aliphatic heterocycles. The van der Waals surface area contributed by atoms with Crippen molar-refractivity contribution in [3.05, 3.63) is 60.7 Å². The first-order valence-electron chi connectivity index (χ1n) is 5.81. The fraction of sp³-hybridized carbons (Fsp3) is 0.143. The molecule has 0 aromatic heterocycles. The van der Waals surface area contributed by atoms with Crippen LogP contribution >= 0.6 is 0 Å². The molecular formula is C14H14O4S. The molecule has 2 rings (SSSR count). The van der Waals surface area contributed by atoms with E-state index < -0.39 is 10.1 Å². The summed E-state index contributed by atoms with van der Waals surface area (Å²) in [5.74, 6) is 0.746. The number of para-hydroxylation sites is 2. The first kappa shape index (κ1) is 13.4. The van der Waals surface area contributed by atoms with Crippen molar-refractivity contribution in [1.29, 1.82) is 0 Å². The molecule has 0 unspecified atom stereocenters. The third kappa shape index (κ3) is 4.63. The van der Waals surface area contributed by atoms with Gasteiger partial charge in [0.05, 0.1) is 0 Å². The average Bonchev–Trinajstić information content (AvgIpc) is 2.40. The average molecular weight is 278 g/mol. The summed E-state index contributed by atoms with van der Waals surface area (Å²) in [5.41, 5.74) is 0. The van der Waals surface area contributed by atoms with Crippen LogP contribution in [0.3, 0.4) is 0 Å². The minimum Gasteiger partial charge on any atom is -0.492 e. The SMILES string of the molecule is O=S(=O)(CCOc1ccccc1)Oc1ccccc1. The van der Waals surface area contributed by atoms with Gasteiger partial charge in [-0.05, 0) is 24.3 Å². The molecule has 0 atom stereocenters. The Kier molecular flexibility index (Phi) is 4.41. The standard InChI is InChI=1S/C14H14O4S/c15-19(16,18-14-9-5-2-6-10-14)12-11-17-13-7-3-1-4-8-13/h1-10H,11-12H2. The van der Waals surface area contributed by atoms with Crippen LogP contribution in [0.25, 0.3) is 0 Å². The Hall–Kier alpha value is -2.01. The van der Waals surface area contributed by atoms with Crippen molar-refractivity contribution in [2.75, 3.05) is 12.4 Å². The van der Waals surface area contributed by atoms with Gasteiger partial charge in [-0.2, -0.15) is 8.42 Å². The van der Waals surface area contributed by atoms with Gasteiger partial charge in [0.15, 0.2) is 0 Å². The van der Waals surface area contributed by atoms with Gasteiger partial charge in [0.1, 0.15) is 23.9 Å². The highest BCUT2D eigenvalue weighted by molar-refractivity contribution is 7.87. The molecule has 100 valence electrons. The molecule has 4 nitrogen and oxygen atoms in total. The van der Waals surface area contributed by atoms with Crippen LogP contribution in [0.15, 0.2) is 60.7 Å². The number of rotatable bonds is 6. The van der Waals surface area contributed by atoms with Crippen LogP contribution in [-0.2, 0) is 10.1 Å². The molecule has 2 aromatic rings. The van der Waals surface area contributed by atoms with Crippen molar-refractivity contribution < 1.29 is 17.3 Å². The first-order valence-corrected chi connectivity index (χ1v) is 7.38. The van der Waals surface area contributed by atoms with E-state index in [1.54, 1.807) is 42.5 Å². The normalized spacial score (nSPS) is 10.9. The zero-order chi connectivity index (χ0) is 13.6. The Morgan fingerprint density at radius 3 is 1.89 bits per heavy atom. The van der Waals surface area contributed by atoms with Gasteiger partial charge in [0.2, 0.25) is 0 Å². The number of hydrogen-bond acceptors (Lipinski definition) is 4. The Morgan fingerprint density at radius 1 is 0.789 bits per heavy atom. The lowest BCUT2D eigenvalue weighted by Gasteiger charge is -2.08. The van der Waals surface area contributed by atoms with Crippen molar-refractivity contribution in [3.8, 4) is 11.5 Å². The maximum Gasteiger partial charge on any atom is 0.312 e. The highest BCUT2D eigenvalue weighted by atomic mass is 32.2. The van der Waals surface area contributed by atoms with Gasteiger partial charge in [-0.15, -0.1) is 0 Å². The maximum absolute atomic E-state index is 11.7. The molecule has 0 N–H and O–H groups in total. The third-order valence-corrected chi connectivity index (χ3v) is 3.42. The van der Waals surface area contributed by atoms with Gasteiger partial charge in [-0.1, -0.05) is 36.4 Å². The Balaban J connectivity index is 1.85. The van der Waals surface area contributed by atoms with Crippen LogP contribution in [0.2, 0.25) is 0 Å². The highest BCUT2D eigenvalue weighted by Crippen LogP contribution is 2.12. The molecule has 2 aromatic carbocycles. The second-order valence-corrected chi connectivity index (χ2v) is 5.51. The third-order valence-electron chi connectivity index (χ3n) is 2.31. The van der Waals surface area contributed by atoms with Gasteiger partial charge < -0.3 is 8.92 Å². The smallest absolute Gasteiger partial charge is 0.312 e. The minimum atomic E-state index is -3.63. The fourth-order valence-electron chi connectivity index (χ4n) is 1.44. The van der Waals surface area contributed by atoms with E-state index in [1.165, 1.54) is 0 Å². The van der Waals surface area contributed by atoms with Crippen molar-refractivity contribution in [2.24, 2.45) is 0 Å². The molecule has 0 fully saturated rings. The predicted molar refractivity (Wildman–Crippen MR) is 72.8 cm³/mol. The summed E-state index contributed by atoms with van der Waals surface area (Å²) in [5, 5.41) is 0. The van der Waals surface area contributed by atoms with Crippen molar-refractivity contribution in [1.82, 2.24) is 0 Å². The van der Waals surface area contributed by atoms with E-state index >= 15 is 0 Å². The molecule has 19 heavy (non-hydrogen) atoms. The van der Waals surface area contributed by atoms with Crippen molar-refractivity contribution in [3.63, 3.8) is 0 Å². The van der Waals surface area contributed by atoms with Crippen LogP contribution in [0.5, 0.6) is 11.5 Å². The second-order valence-electron chi connectivity index (χ2n) is 3.82. The van der Waals surface area contributed by atoms with Crippen molar-refractivity contribution in [2.45, 2.75) is 0 Å². The largest absolute Gasteiger partial charge is 0.492 e. The van der Waals surface area contributed by atoms with Crippen LogP contribution in [0, 0.1) is 0 Å². The van der Waals surface area contributed by atoms with E-state index in [1.807, 2.05) is 18.2 Å². The van der Waals surface area contributed by atoms with Crippen LogP contribution < -0.4 is 8.92 Å². The van der Waals surface area contributed by atoms with E-state index in [0.717, 1.165) is 0 Å². The van der Waals surface area contributed by atoms with Crippen LogP contribution in [-0.4, -0.2) is 20.8 Å². The molecule has 0 amide bonds. The summed E-state index contributed by atoms with van der Waals surface area (Å²) >= 11 is 0. The van der Waals surface area contributed by atoms with Crippen LogP contribution in [0.4, 0.5) is 0 Å². The molecule has 0 spiro atoms. The summed E-state index contributed by atoms with van der Waals surface area (Å²) in [6.07, 6.45) is 0. The summed E-state index contributed by atoms with van der Waals surface area (Å²) < 4.78 is 33.6. The van der Waals surface area contributed by atoms with E-state index in [9.17, 15) is 8.42 Å². The number of ether oxygens (including phenoxy) is 1. The second kappa shape index (κ2) is 6.24. The zero-order valence-corrected chi connectivity index (χ0v) is 11.0. The lowest BCUT2D eigenvalue weighted by molar-refractivity contribution is 0.336.